The second-order valence-corrected chi connectivity index (χ2v) is 3.80. The first-order valence-electron chi connectivity index (χ1n) is 5.14. The zero-order valence-electron chi connectivity index (χ0n) is 8.59. The summed E-state index contributed by atoms with van der Waals surface area (Å²) in [4.78, 5) is 11.3. The Labute approximate surface area is 91.8 Å². The molecule has 0 aromatic heterocycles. The molecule has 2 rings (SSSR count). The summed E-state index contributed by atoms with van der Waals surface area (Å²) in [5.41, 5.74) is 0.00551. The van der Waals surface area contributed by atoms with Gasteiger partial charge in [0.25, 0.3) is 0 Å². The molecule has 2 N–H and O–H groups in total. The largest absolute Gasteiger partial charge is 0.374 e. The van der Waals surface area contributed by atoms with E-state index in [4.69, 9.17) is 0 Å². The van der Waals surface area contributed by atoms with Crippen LogP contribution in [0.25, 0.3) is 0 Å². The third kappa shape index (κ3) is 2.68. The molecule has 0 unspecified atom stereocenters. The molecule has 16 heavy (non-hydrogen) atoms. The van der Waals surface area contributed by atoms with Gasteiger partial charge in [-0.2, -0.15) is 0 Å². The summed E-state index contributed by atoms with van der Waals surface area (Å²) in [5, 5.41) is 5.30. The van der Waals surface area contributed by atoms with Crippen LogP contribution in [0.1, 0.15) is 12.8 Å². The fourth-order valence-corrected chi connectivity index (χ4v) is 1.32. The van der Waals surface area contributed by atoms with Crippen LogP contribution in [0.2, 0.25) is 0 Å². The van der Waals surface area contributed by atoms with Gasteiger partial charge in [-0.25, -0.2) is 8.78 Å². The van der Waals surface area contributed by atoms with E-state index in [0.717, 1.165) is 18.9 Å². The molecule has 0 atom stereocenters. The molecule has 1 aromatic rings. The molecular formula is C11H12F2N2O. The Kier molecular flexibility index (Phi) is 3.03. The van der Waals surface area contributed by atoms with Crippen LogP contribution in [-0.2, 0) is 4.79 Å². The fourth-order valence-electron chi connectivity index (χ4n) is 1.32. The highest BCUT2D eigenvalue weighted by molar-refractivity contribution is 5.81. The lowest BCUT2D eigenvalue weighted by Crippen LogP contribution is -2.31. The van der Waals surface area contributed by atoms with E-state index in [0.29, 0.717) is 0 Å². The van der Waals surface area contributed by atoms with E-state index in [1.54, 1.807) is 0 Å². The molecule has 0 spiro atoms. The molecule has 1 saturated carbocycles. The number of hydrogen-bond donors (Lipinski definition) is 2. The van der Waals surface area contributed by atoms with Crippen molar-refractivity contribution in [3.05, 3.63) is 29.8 Å². The van der Waals surface area contributed by atoms with E-state index in [1.165, 1.54) is 12.1 Å². The van der Waals surface area contributed by atoms with Gasteiger partial charge in [-0.3, -0.25) is 4.79 Å². The maximum Gasteiger partial charge on any atom is 0.239 e. The van der Waals surface area contributed by atoms with Crippen molar-refractivity contribution in [3.8, 4) is 0 Å². The summed E-state index contributed by atoms with van der Waals surface area (Å²) < 4.78 is 26.0. The molecule has 0 saturated heterocycles. The minimum atomic E-state index is -0.957. The average Bonchev–Trinajstić information content (AvgIpc) is 3.04. The van der Waals surface area contributed by atoms with E-state index in [9.17, 15) is 13.6 Å². The molecule has 0 aliphatic heterocycles. The Morgan fingerprint density at radius 2 is 2.12 bits per heavy atom. The number of amides is 1. The van der Waals surface area contributed by atoms with Crippen LogP contribution in [-0.4, -0.2) is 18.5 Å². The van der Waals surface area contributed by atoms with Gasteiger partial charge >= 0.3 is 0 Å². The van der Waals surface area contributed by atoms with E-state index in [-0.39, 0.29) is 24.2 Å². The highest BCUT2D eigenvalue weighted by Gasteiger charge is 2.23. The average molecular weight is 226 g/mol. The zero-order chi connectivity index (χ0) is 11.5. The van der Waals surface area contributed by atoms with Gasteiger partial charge in [0.1, 0.15) is 0 Å². The first-order chi connectivity index (χ1) is 7.66. The number of anilines is 1. The monoisotopic (exact) mass is 226 g/mol. The SMILES string of the molecule is O=C(CNc1cccc(F)c1F)NC1CC1. The maximum atomic E-state index is 13.2. The van der Waals surface area contributed by atoms with Gasteiger partial charge in [-0.05, 0) is 25.0 Å². The predicted octanol–water partition coefficient (Wildman–Crippen LogP) is 1.66. The van der Waals surface area contributed by atoms with Crippen LogP contribution in [0.4, 0.5) is 14.5 Å². The molecule has 1 aliphatic carbocycles. The van der Waals surface area contributed by atoms with Gasteiger partial charge in [-0.1, -0.05) is 6.07 Å². The van der Waals surface area contributed by atoms with Crippen molar-refractivity contribution in [1.82, 2.24) is 5.32 Å². The molecule has 0 radical (unpaired) electrons. The lowest BCUT2D eigenvalue weighted by atomic mass is 10.3. The van der Waals surface area contributed by atoms with Crippen molar-refractivity contribution in [3.63, 3.8) is 0 Å². The number of benzene rings is 1. The summed E-state index contributed by atoms with van der Waals surface area (Å²) in [6, 6.07) is 4.08. The molecule has 1 amide bonds. The number of nitrogens with one attached hydrogen (secondary N) is 2. The first-order valence-corrected chi connectivity index (χ1v) is 5.14. The van der Waals surface area contributed by atoms with Gasteiger partial charge in [0.2, 0.25) is 5.91 Å². The maximum absolute atomic E-state index is 13.2. The minimum absolute atomic E-state index is 0.00551. The molecule has 0 bridgehead atoms. The Balaban J connectivity index is 1.88. The van der Waals surface area contributed by atoms with Crippen molar-refractivity contribution >= 4 is 11.6 Å². The van der Waals surface area contributed by atoms with Gasteiger partial charge in [0.15, 0.2) is 11.6 Å². The van der Waals surface area contributed by atoms with E-state index in [1.807, 2.05) is 0 Å². The molecule has 1 aromatic carbocycles. The van der Waals surface area contributed by atoms with E-state index >= 15 is 0 Å². The highest BCUT2D eigenvalue weighted by Crippen LogP contribution is 2.19. The highest BCUT2D eigenvalue weighted by atomic mass is 19.2. The van der Waals surface area contributed by atoms with E-state index in [2.05, 4.69) is 10.6 Å². The number of carbonyl (C=O) groups excluding carboxylic acids is 1. The quantitative estimate of drug-likeness (QED) is 0.819. The van der Waals surface area contributed by atoms with Gasteiger partial charge in [-0.15, -0.1) is 0 Å². The van der Waals surface area contributed by atoms with Crippen molar-refractivity contribution in [1.29, 1.82) is 0 Å². The van der Waals surface area contributed by atoms with Crippen LogP contribution in [0.15, 0.2) is 18.2 Å². The Bertz CT molecular complexity index is 405. The first kappa shape index (κ1) is 10.9. The molecule has 86 valence electrons. The Morgan fingerprint density at radius 1 is 1.38 bits per heavy atom. The predicted molar refractivity (Wildman–Crippen MR) is 56.0 cm³/mol. The zero-order valence-corrected chi connectivity index (χ0v) is 8.59. The number of hydrogen-bond acceptors (Lipinski definition) is 2. The molecule has 3 nitrogen and oxygen atoms in total. The lowest BCUT2D eigenvalue weighted by molar-refractivity contribution is -0.119. The second-order valence-electron chi connectivity index (χ2n) is 3.80. The van der Waals surface area contributed by atoms with Crippen LogP contribution >= 0.6 is 0 Å². The lowest BCUT2D eigenvalue weighted by Gasteiger charge is -2.07. The van der Waals surface area contributed by atoms with Gasteiger partial charge in [0.05, 0.1) is 12.2 Å². The molecule has 5 heteroatoms. The van der Waals surface area contributed by atoms with Crippen molar-refractivity contribution in [2.24, 2.45) is 0 Å². The second kappa shape index (κ2) is 4.47. The van der Waals surface area contributed by atoms with Crippen LogP contribution in [0.5, 0.6) is 0 Å². The summed E-state index contributed by atoms with van der Waals surface area (Å²) in [6.07, 6.45) is 2.00. The topological polar surface area (TPSA) is 41.1 Å². The minimum Gasteiger partial charge on any atom is -0.374 e. The van der Waals surface area contributed by atoms with Gasteiger partial charge in [0, 0.05) is 6.04 Å². The summed E-state index contributed by atoms with van der Waals surface area (Å²) >= 11 is 0. The molecule has 0 heterocycles. The smallest absolute Gasteiger partial charge is 0.239 e. The van der Waals surface area contributed by atoms with E-state index < -0.39 is 11.6 Å². The van der Waals surface area contributed by atoms with Crippen molar-refractivity contribution < 1.29 is 13.6 Å². The molecule has 1 fully saturated rings. The van der Waals surface area contributed by atoms with Crippen molar-refractivity contribution in [2.75, 3.05) is 11.9 Å². The molecule has 1 aliphatic rings. The standard InChI is InChI=1S/C11H12F2N2O/c12-8-2-1-3-9(11(8)13)14-6-10(16)15-7-4-5-7/h1-3,7,14H,4-6H2,(H,15,16). The van der Waals surface area contributed by atoms with Crippen LogP contribution in [0, 0.1) is 11.6 Å². The number of rotatable bonds is 4. The number of carbonyl (C=O) groups is 1. The van der Waals surface area contributed by atoms with Gasteiger partial charge < -0.3 is 10.6 Å². The summed E-state index contributed by atoms with van der Waals surface area (Å²) in [6.45, 7) is -0.0448. The third-order valence-electron chi connectivity index (χ3n) is 2.33. The Hall–Kier alpha value is -1.65. The molecular weight excluding hydrogens is 214 g/mol. The summed E-state index contributed by atoms with van der Waals surface area (Å²) in [5.74, 6) is -2.08. The number of halogens is 2. The fraction of sp³-hybridized carbons (Fsp3) is 0.364. The van der Waals surface area contributed by atoms with Crippen molar-refractivity contribution in [2.45, 2.75) is 18.9 Å². The Morgan fingerprint density at radius 3 is 2.81 bits per heavy atom. The summed E-state index contributed by atoms with van der Waals surface area (Å²) in [7, 11) is 0. The van der Waals surface area contributed by atoms with Crippen LogP contribution < -0.4 is 10.6 Å². The van der Waals surface area contributed by atoms with Crippen LogP contribution in [0.3, 0.4) is 0 Å². The normalized spacial score (nSPS) is 14.6. The third-order valence-corrected chi connectivity index (χ3v) is 2.33.